The lowest BCUT2D eigenvalue weighted by Gasteiger charge is -2.29. The van der Waals surface area contributed by atoms with E-state index in [-0.39, 0.29) is 57.6 Å². The monoisotopic (exact) mass is 651 g/mol. The number of fused-ring (bicyclic) bond motifs is 1. The summed E-state index contributed by atoms with van der Waals surface area (Å²) in [4.78, 5) is 26.1. The standard InChI is InChI=1S/C31H30F5N3O5S/c1-30(2,31(34,35)36)38-28(40)20-8-5-7-19(15-20)22-16-23-25(17-24(22)39(14-6-13-32)45(4,42)43)44-27(26(23)29(41)37-3)18-9-11-21(33)12-10-18/h5,7-12,15-17H,6,13-14H2,1-4H3,(H,37,41)(H,38,40). The minimum absolute atomic E-state index is 0.00879. The first kappa shape index (κ1) is 33.4. The molecule has 0 saturated carbocycles. The van der Waals surface area contributed by atoms with Gasteiger partial charge in [-0.2, -0.15) is 13.2 Å². The molecule has 0 fully saturated rings. The highest BCUT2D eigenvalue weighted by Crippen LogP contribution is 2.42. The predicted molar refractivity (Wildman–Crippen MR) is 161 cm³/mol. The Morgan fingerprint density at radius 3 is 2.20 bits per heavy atom. The van der Waals surface area contributed by atoms with Crippen molar-refractivity contribution < 1.29 is 44.4 Å². The fraction of sp³-hybridized carbons (Fsp3) is 0.290. The molecule has 1 aromatic heterocycles. The van der Waals surface area contributed by atoms with Gasteiger partial charge in [-0.05, 0) is 68.3 Å². The van der Waals surface area contributed by atoms with Crippen LogP contribution >= 0.6 is 0 Å². The molecule has 0 bridgehead atoms. The molecule has 0 saturated heterocycles. The maximum atomic E-state index is 13.7. The lowest BCUT2D eigenvalue weighted by Crippen LogP contribution is -2.54. The number of benzene rings is 3. The third kappa shape index (κ3) is 6.95. The van der Waals surface area contributed by atoms with Gasteiger partial charge in [0.05, 0.1) is 24.2 Å². The number of sulfonamides is 1. The zero-order chi connectivity index (χ0) is 33.3. The van der Waals surface area contributed by atoms with Crippen LogP contribution in [0.25, 0.3) is 33.4 Å². The Balaban J connectivity index is 2.01. The van der Waals surface area contributed by atoms with Gasteiger partial charge in [0.25, 0.3) is 11.8 Å². The van der Waals surface area contributed by atoms with Gasteiger partial charge in [0.1, 0.15) is 22.7 Å². The van der Waals surface area contributed by atoms with Crippen molar-refractivity contribution in [2.24, 2.45) is 0 Å². The van der Waals surface area contributed by atoms with Gasteiger partial charge in [0.15, 0.2) is 0 Å². The number of anilines is 1. The SMILES string of the molecule is CNC(=O)c1c(-c2ccc(F)cc2)oc2cc(N(CCCF)S(C)(=O)=O)c(-c3cccc(C(=O)NC(C)(C)C(F)(F)F)c3)cc12. The Kier molecular flexibility index (Phi) is 9.29. The van der Waals surface area contributed by atoms with E-state index in [4.69, 9.17) is 4.42 Å². The molecule has 14 heteroatoms. The average Bonchev–Trinajstić information content (AvgIpc) is 3.34. The van der Waals surface area contributed by atoms with Gasteiger partial charge < -0.3 is 15.1 Å². The van der Waals surface area contributed by atoms with Crippen LogP contribution in [-0.4, -0.2) is 58.5 Å². The second-order valence-corrected chi connectivity index (χ2v) is 12.7. The van der Waals surface area contributed by atoms with Crippen molar-refractivity contribution in [1.29, 1.82) is 0 Å². The van der Waals surface area contributed by atoms with Crippen molar-refractivity contribution in [3.05, 3.63) is 77.6 Å². The van der Waals surface area contributed by atoms with Crippen molar-refractivity contribution >= 4 is 38.5 Å². The van der Waals surface area contributed by atoms with Crippen LogP contribution in [0.4, 0.5) is 27.6 Å². The molecule has 2 amide bonds. The van der Waals surface area contributed by atoms with E-state index in [1.54, 1.807) is 0 Å². The van der Waals surface area contributed by atoms with Crippen LogP contribution in [0, 0.1) is 5.82 Å². The highest BCUT2D eigenvalue weighted by Gasteiger charge is 2.48. The smallest absolute Gasteiger partial charge is 0.410 e. The fourth-order valence-corrected chi connectivity index (χ4v) is 5.62. The van der Waals surface area contributed by atoms with Crippen LogP contribution in [0.2, 0.25) is 0 Å². The van der Waals surface area contributed by atoms with Crippen LogP contribution < -0.4 is 14.9 Å². The first-order valence-electron chi connectivity index (χ1n) is 13.6. The Morgan fingerprint density at radius 2 is 1.62 bits per heavy atom. The summed E-state index contributed by atoms with van der Waals surface area (Å²) in [5.74, 6) is -2.08. The van der Waals surface area contributed by atoms with E-state index < -0.39 is 46.0 Å². The molecule has 1 heterocycles. The number of amides is 2. The number of furan rings is 1. The highest BCUT2D eigenvalue weighted by atomic mass is 32.2. The molecule has 0 spiro atoms. The Hall–Kier alpha value is -4.46. The van der Waals surface area contributed by atoms with E-state index in [0.717, 1.165) is 24.4 Å². The largest absolute Gasteiger partial charge is 0.455 e. The Morgan fingerprint density at radius 1 is 0.956 bits per heavy atom. The van der Waals surface area contributed by atoms with Crippen LogP contribution in [-0.2, 0) is 10.0 Å². The molecule has 0 atom stereocenters. The molecule has 4 rings (SSSR count). The number of alkyl halides is 4. The number of rotatable bonds is 10. The summed E-state index contributed by atoms with van der Waals surface area (Å²) in [5.41, 5.74) is -1.87. The van der Waals surface area contributed by atoms with Crippen LogP contribution in [0.15, 0.2) is 65.1 Å². The third-order valence-electron chi connectivity index (χ3n) is 7.10. The van der Waals surface area contributed by atoms with Gasteiger partial charge in [-0.15, -0.1) is 0 Å². The number of nitrogens with one attached hydrogen (secondary N) is 2. The molecule has 0 unspecified atom stereocenters. The van der Waals surface area contributed by atoms with E-state index in [1.165, 1.54) is 67.7 Å². The Bertz CT molecular complexity index is 1850. The van der Waals surface area contributed by atoms with Crippen molar-refractivity contribution in [2.75, 3.05) is 30.8 Å². The highest BCUT2D eigenvalue weighted by molar-refractivity contribution is 7.92. The van der Waals surface area contributed by atoms with E-state index in [0.29, 0.717) is 5.56 Å². The van der Waals surface area contributed by atoms with E-state index in [1.807, 2.05) is 5.32 Å². The molecular formula is C31H30F5N3O5S. The first-order chi connectivity index (χ1) is 21.0. The topological polar surface area (TPSA) is 109 Å². The normalized spacial score (nSPS) is 12.3. The Labute approximate surface area is 256 Å². The van der Waals surface area contributed by atoms with Gasteiger partial charge in [0, 0.05) is 41.7 Å². The number of hydrogen-bond donors (Lipinski definition) is 2. The number of carbonyl (C=O) groups is 2. The summed E-state index contributed by atoms with van der Waals surface area (Å²) in [6.07, 6.45) is -3.99. The lowest BCUT2D eigenvalue weighted by molar-refractivity contribution is -0.182. The molecule has 4 aromatic rings. The fourth-order valence-electron chi connectivity index (χ4n) is 4.65. The second-order valence-electron chi connectivity index (χ2n) is 10.8. The summed E-state index contributed by atoms with van der Waals surface area (Å²) >= 11 is 0. The lowest BCUT2D eigenvalue weighted by atomic mass is 9.96. The molecule has 0 radical (unpaired) electrons. The molecule has 45 heavy (non-hydrogen) atoms. The second kappa shape index (κ2) is 12.5. The minimum Gasteiger partial charge on any atom is -0.455 e. The summed E-state index contributed by atoms with van der Waals surface area (Å²) in [6, 6.07) is 13.4. The number of nitrogens with zero attached hydrogens (tertiary/aromatic N) is 1. The van der Waals surface area contributed by atoms with Crippen LogP contribution in [0.3, 0.4) is 0 Å². The van der Waals surface area contributed by atoms with Crippen molar-refractivity contribution in [2.45, 2.75) is 32.0 Å². The number of hydrogen-bond acceptors (Lipinski definition) is 5. The summed E-state index contributed by atoms with van der Waals surface area (Å²) in [5, 5.41) is 4.70. The molecule has 0 aliphatic carbocycles. The maximum Gasteiger partial charge on any atom is 0.410 e. The summed E-state index contributed by atoms with van der Waals surface area (Å²) in [7, 11) is -2.65. The van der Waals surface area contributed by atoms with Gasteiger partial charge in [0.2, 0.25) is 10.0 Å². The summed E-state index contributed by atoms with van der Waals surface area (Å²) in [6.45, 7) is 0.521. The summed E-state index contributed by atoms with van der Waals surface area (Å²) < 4.78 is 100. The predicted octanol–water partition coefficient (Wildman–Crippen LogP) is 6.46. The molecular weight excluding hydrogens is 621 g/mol. The van der Waals surface area contributed by atoms with Gasteiger partial charge in [-0.25, -0.2) is 12.8 Å². The molecule has 0 aliphatic heterocycles. The van der Waals surface area contributed by atoms with Gasteiger partial charge in [-0.3, -0.25) is 18.3 Å². The maximum absolute atomic E-state index is 13.7. The zero-order valence-electron chi connectivity index (χ0n) is 24.7. The van der Waals surface area contributed by atoms with E-state index >= 15 is 0 Å². The molecule has 2 N–H and O–H groups in total. The molecule has 8 nitrogen and oxygen atoms in total. The van der Waals surface area contributed by atoms with Crippen LogP contribution in [0.1, 0.15) is 41.0 Å². The first-order valence-corrected chi connectivity index (χ1v) is 15.4. The average molecular weight is 652 g/mol. The van der Waals surface area contributed by atoms with Crippen molar-refractivity contribution in [1.82, 2.24) is 10.6 Å². The molecule has 240 valence electrons. The minimum atomic E-state index is -4.75. The van der Waals surface area contributed by atoms with Gasteiger partial charge >= 0.3 is 6.18 Å². The zero-order valence-corrected chi connectivity index (χ0v) is 25.5. The van der Waals surface area contributed by atoms with Crippen molar-refractivity contribution in [3.63, 3.8) is 0 Å². The third-order valence-corrected chi connectivity index (χ3v) is 8.28. The molecule has 3 aromatic carbocycles. The molecule has 0 aliphatic rings. The van der Waals surface area contributed by atoms with Crippen LogP contribution in [0.5, 0.6) is 0 Å². The number of halogens is 5. The van der Waals surface area contributed by atoms with Crippen molar-refractivity contribution in [3.8, 4) is 22.5 Å². The number of carbonyl (C=O) groups excluding carboxylic acids is 2. The quantitative estimate of drug-likeness (QED) is 0.191. The van der Waals surface area contributed by atoms with Gasteiger partial charge in [-0.1, -0.05) is 12.1 Å². The van der Waals surface area contributed by atoms with E-state index in [9.17, 15) is 40.0 Å². The van der Waals surface area contributed by atoms with E-state index in [2.05, 4.69) is 5.32 Å².